The Morgan fingerprint density at radius 1 is 1.15 bits per heavy atom. The predicted molar refractivity (Wildman–Crippen MR) is 106 cm³/mol. The second-order valence-electron chi connectivity index (χ2n) is 7.00. The fourth-order valence-electron chi connectivity index (χ4n) is 3.71. The van der Waals surface area contributed by atoms with Crippen molar-refractivity contribution in [3.8, 4) is 0 Å². The van der Waals surface area contributed by atoms with Crippen LogP contribution in [0.1, 0.15) is 28.7 Å². The van der Waals surface area contributed by atoms with Gasteiger partial charge in [-0.25, -0.2) is 4.68 Å². The molecule has 140 valence electrons. The first-order valence-electron chi connectivity index (χ1n) is 9.11. The van der Waals surface area contributed by atoms with E-state index in [0.717, 1.165) is 22.8 Å². The molecule has 2 aromatic carbocycles. The molecule has 1 aromatic heterocycles. The van der Waals surface area contributed by atoms with Gasteiger partial charge >= 0.3 is 0 Å². The maximum atomic E-state index is 11.5. The van der Waals surface area contributed by atoms with Gasteiger partial charge in [0.2, 0.25) is 5.95 Å². The molecule has 0 N–H and O–H groups in total. The summed E-state index contributed by atoms with van der Waals surface area (Å²) in [5, 5.41) is 12.3. The van der Waals surface area contributed by atoms with E-state index in [2.05, 4.69) is 33.7 Å². The molecule has 3 aromatic rings. The first-order chi connectivity index (χ1) is 13.1. The van der Waals surface area contributed by atoms with E-state index in [-0.39, 0.29) is 0 Å². The number of rotatable bonds is 6. The third-order valence-corrected chi connectivity index (χ3v) is 6.03. The van der Waals surface area contributed by atoms with Gasteiger partial charge in [-0.05, 0) is 64.1 Å². The average Bonchev–Trinajstić information content (AvgIpc) is 3.32. The molecule has 1 heterocycles. The number of nitrogens with zero attached hydrogens (tertiary/aromatic N) is 5. The van der Waals surface area contributed by atoms with Gasteiger partial charge in [-0.15, -0.1) is 0 Å². The smallest absolute Gasteiger partial charge is 0.245 e. The van der Waals surface area contributed by atoms with Crippen molar-refractivity contribution in [2.75, 3.05) is 18.2 Å². The summed E-state index contributed by atoms with van der Waals surface area (Å²) in [5.74, 6) is 0.744. The van der Waals surface area contributed by atoms with Gasteiger partial charge in [-0.1, -0.05) is 35.4 Å². The van der Waals surface area contributed by atoms with Crippen LogP contribution in [0.25, 0.3) is 0 Å². The molecule has 6 nitrogen and oxygen atoms in total. The Hall–Kier alpha value is -2.54. The number of fused-ring (bicyclic) bond motifs is 1. The first-order valence-corrected chi connectivity index (χ1v) is 10.7. The van der Waals surface area contributed by atoms with Gasteiger partial charge in [0.05, 0.1) is 6.54 Å². The lowest BCUT2D eigenvalue weighted by Crippen LogP contribution is -2.22. The van der Waals surface area contributed by atoms with Crippen LogP contribution in [0.4, 0.5) is 5.95 Å². The van der Waals surface area contributed by atoms with Crippen LogP contribution < -0.4 is 4.90 Å². The lowest BCUT2D eigenvalue weighted by atomic mass is 10.0. The summed E-state index contributed by atoms with van der Waals surface area (Å²) in [4.78, 5) is 2.88. The van der Waals surface area contributed by atoms with Crippen LogP contribution in [0.2, 0.25) is 0 Å². The minimum atomic E-state index is -0.956. The van der Waals surface area contributed by atoms with Crippen molar-refractivity contribution in [1.29, 1.82) is 0 Å². The molecule has 0 radical (unpaired) electrons. The van der Waals surface area contributed by atoms with Crippen molar-refractivity contribution in [3.63, 3.8) is 0 Å². The van der Waals surface area contributed by atoms with Crippen molar-refractivity contribution < 1.29 is 4.21 Å². The van der Waals surface area contributed by atoms with E-state index in [9.17, 15) is 4.21 Å². The number of aromatic nitrogens is 4. The largest absolute Gasteiger partial charge is 0.338 e. The van der Waals surface area contributed by atoms with Gasteiger partial charge < -0.3 is 4.90 Å². The highest BCUT2D eigenvalue weighted by atomic mass is 32.2. The molecular weight excluding hydrogens is 358 g/mol. The normalized spacial score (nSPS) is 14.1. The Kier molecular flexibility index (Phi) is 5.03. The van der Waals surface area contributed by atoms with Gasteiger partial charge in [0.1, 0.15) is 0 Å². The number of hydrogen-bond donors (Lipinski definition) is 0. The van der Waals surface area contributed by atoms with E-state index in [0.29, 0.717) is 13.1 Å². The van der Waals surface area contributed by atoms with Gasteiger partial charge in [-0.3, -0.25) is 4.21 Å². The number of tetrazole rings is 1. The summed E-state index contributed by atoms with van der Waals surface area (Å²) in [5.41, 5.74) is 5.36. The van der Waals surface area contributed by atoms with Crippen LogP contribution in [0, 0.1) is 0 Å². The number of aryl methyl sites for hydroxylation is 1. The summed E-state index contributed by atoms with van der Waals surface area (Å²) >= 11 is 0. The highest BCUT2D eigenvalue weighted by Crippen LogP contribution is 2.26. The molecule has 0 bridgehead atoms. The Balaban J connectivity index is 1.51. The molecule has 1 aliphatic rings. The molecule has 0 saturated heterocycles. The highest BCUT2D eigenvalue weighted by Gasteiger charge is 2.17. The van der Waals surface area contributed by atoms with E-state index in [1.807, 2.05) is 40.9 Å². The van der Waals surface area contributed by atoms with Gasteiger partial charge in [0.15, 0.2) is 0 Å². The lowest BCUT2D eigenvalue weighted by Gasteiger charge is -2.18. The second kappa shape index (κ2) is 7.60. The van der Waals surface area contributed by atoms with E-state index < -0.39 is 10.8 Å². The maximum absolute atomic E-state index is 11.5. The molecule has 0 amide bonds. The van der Waals surface area contributed by atoms with Crippen molar-refractivity contribution in [1.82, 2.24) is 20.2 Å². The lowest BCUT2D eigenvalue weighted by molar-refractivity contribution is 0.635. The van der Waals surface area contributed by atoms with E-state index in [4.69, 9.17) is 0 Å². The molecule has 1 aliphatic carbocycles. The summed E-state index contributed by atoms with van der Waals surface area (Å²) in [7, 11) is 1.03. The zero-order chi connectivity index (χ0) is 18.8. The standard InChI is InChI=1S/C20H23N5OS/c1-24(13-15-9-11-18(12-10-15)27(2)26)20-21-22-23-25(20)14-17-7-3-5-16-6-4-8-19(16)17/h3,5,7,9-12H,4,6,8,13-14H2,1-2H3. The first kappa shape index (κ1) is 17.9. The zero-order valence-corrected chi connectivity index (χ0v) is 16.4. The molecule has 0 fully saturated rings. The molecule has 27 heavy (non-hydrogen) atoms. The van der Waals surface area contributed by atoms with E-state index in [1.54, 1.807) is 6.26 Å². The second-order valence-corrected chi connectivity index (χ2v) is 8.38. The third kappa shape index (κ3) is 3.78. The Labute approximate surface area is 161 Å². The quantitative estimate of drug-likeness (QED) is 0.657. The topological polar surface area (TPSA) is 63.9 Å². The Bertz CT molecular complexity index is 967. The van der Waals surface area contributed by atoms with Crippen molar-refractivity contribution in [2.45, 2.75) is 37.2 Å². The minimum Gasteiger partial charge on any atom is -0.338 e. The number of benzene rings is 2. The average molecular weight is 382 g/mol. The Morgan fingerprint density at radius 3 is 2.74 bits per heavy atom. The van der Waals surface area contributed by atoms with Gasteiger partial charge in [0.25, 0.3) is 0 Å². The zero-order valence-electron chi connectivity index (χ0n) is 15.6. The van der Waals surface area contributed by atoms with Crippen molar-refractivity contribution in [3.05, 3.63) is 64.7 Å². The maximum Gasteiger partial charge on any atom is 0.245 e. The van der Waals surface area contributed by atoms with E-state index in [1.165, 1.54) is 29.5 Å². The summed E-state index contributed by atoms with van der Waals surface area (Å²) in [6, 6.07) is 14.4. The number of hydrogen-bond acceptors (Lipinski definition) is 5. The molecule has 1 atom stereocenters. The molecule has 1 unspecified atom stereocenters. The fourth-order valence-corrected chi connectivity index (χ4v) is 4.23. The van der Waals surface area contributed by atoms with Gasteiger partial charge in [-0.2, -0.15) is 0 Å². The van der Waals surface area contributed by atoms with Crippen molar-refractivity contribution >= 4 is 16.7 Å². The monoisotopic (exact) mass is 381 g/mol. The minimum absolute atomic E-state index is 0.684. The van der Waals surface area contributed by atoms with Crippen LogP contribution in [0.5, 0.6) is 0 Å². The SMILES string of the molecule is CN(Cc1ccc(S(C)=O)cc1)c1nnnn1Cc1cccc2c1CCC2. The van der Waals surface area contributed by atoms with Crippen LogP contribution in [-0.2, 0) is 36.7 Å². The molecule has 7 heteroatoms. The Morgan fingerprint density at radius 2 is 1.96 bits per heavy atom. The number of anilines is 1. The molecule has 4 rings (SSSR count). The summed E-state index contributed by atoms with van der Waals surface area (Å²) < 4.78 is 13.4. The molecule has 0 saturated carbocycles. The van der Waals surface area contributed by atoms with Crippen LogP contribution >= 0.6 is 0 Å². The van der Waals surface area contributed by atoms with Crippen LogP contribution in [0.3, 0.4) is 0 Å². The molecule has 0 aliphatic heterocycles. The predicted octanol–water partition coefficient (Wildman–Crippen LogP) is 2.58. The third-order valence-electron chi connectivity index (χ3n) is 5.09. The fraction of sp³-hybridized carbons (Fsp3) is 0.350. The molecule has 0 spiro atoms. The summed E-state index contributed by atoms with van der Waals surface area (Å²) in [6.07, 6.45) is 5.23. The van der Waals surface area contributed by atoms with Gasteiger partial charge in [0, 0.05) is 35.5 Å². The summed E-state index contributed by atoms with van der Waals surface area (Å²) in [6.45, 7) is 1.37. The van der Waals surface area contributed by atoms with Crippen molar-refractivity contribution in [2.24, 2.45) is 0 Å². The van der Waals surface area contributed by atoms with Crippen LogP contribution in [0.15, 0.2) is 47.4 Å². The van der Waals surface area contributed by atoms with Crippen LogP contribution in [-0.4, -0.2) is 37.7 Å². The van der Waals surface area contributed by atoms with E-state index >= 15 is 0 Å². The molecular formula is C20H23N5OS. The highest BCUT2D eigenvalue weighted by molar-refractivity contribution is 7.84.